The van der Waals surface area contributed by atoms with Crippen molar-refractivity contribution in [2.75, 3.05) is 19.0 Å². The zero-order valence-electron chi connectivity index (χ0n) is 12.5. The summed E-state index contributed by atoms with van der Waals surface area (Å²) >= 11 is 0. The molecule has 1 aromatic heterocycles. The van der Waals surface area contributed by atoms with Crippen LogP contribution in [0.15, 0.2) is 34.9 Å². The van der Waals surface area contributed by atoms with Crippen LogP contribution in [0.4, 0.5) is 5.69 Å². The van der Waals surface area contributed by atoms with Gasteiger partial charge in [-0.1, -0.05) is 17.3 Å². The van der Waals surface area contributed by atoms with Crippen LogP contribution in [-0.4, -0.2) is 36.7 Å². The van der Waals surface area contributed by atoms with E-state index in [0.717, 1.165) is 0 Å². The number of esters is 2. The van der Waals surface area contributed by atoms with Crippen LogP contribution in [0.5, 0.6) is 0 Å². The van der Waals surface area contributed by atoms with Crippen molar-refractivity contribution in [2.24, 2.45) is 0 Å². The van der Waals surface area contributed by atoms with Gasteiger partial charge in [0, 0.05) is 6.07 Å². The molecule has 120 valence electrons. The zero-order valence-corrected chi connectivity index (χ0v) is 12.5. The normalized spacial score (nSPS) is 10.0. The lowest BCUT2D eigenvalue weighted by molar-refractivity contribution is -0.119. The molecule has 8 heteroatoms. The van der Waals surface area contributed by atoms with Crippen LogP contribution in [-0.2, 0) is 14.3 Å². The Bertz CT molecular complexity index is 737. The van der Waals surface area contributed by atoms with Gasteiger partial charge in [0.2, 0.25) is 5.76 Å². The molecule has 2 aromatic rings. The SMILES string of the molecule is COC(=O)c1ccccc1NC(=O)COC(=O)c1cc(C)no1. The molecule has 23 heavy (non-hydrogen) atoms. The van der Waals surface area contributed by atoms with E-state index in [1.165, 1.54) is 25.3 Å². The van der Waals surface area contributed by atoms with Crippen molar-refractivity contribution in [3.05, 3.63) is 47.3 Å². The Morgan fingerprint density at radius 1 is 1.22 bits per heavy atom. The minimum atomic E-state index is -0.804. The number of hydrogen-bond donors (Lipinski definition) is 1. The molecule has 0 aliphatic carbocycles. The maximum absolute atomic E-state index is 11.8. The number of ether oxygens (including phenoxy) is 2. The van der Waals surface area contributed by atoms with Crippen molar-refractivity contribution >= 4 is 23.5 Å². The highest BCUT2D eigenvalue weighted by Crippen LogP contribution is 2.16. The van der Waals surface area contributed by atoms with Gasteiger partial charge in [-0.3, -0.25) is 4.79 Å². The van der Waals surface area contributed by atoms with Gasteiger partial charge < -0.3 is 19.3 Å². The molecule has 8 nitrogen and oxygen atoms in total. The van der Waals surface area contributed by atoms with Crippen LogP contribution in [0.25, 0.3) is 0 Å². The fraction of sp³-hybridized carbons (Fsp3) is 0.200. The van der Waals surface area contributed by atoms with Crippen LogP contribution in [0.3, 0.4) is 0 Å². The van der Waals surface area contributed by atoms with Gasteiger partial charge in [0.15, 0.2) is 6.61 Å². The lowest BCUT2D eigenvalue weighted by atomic mass is 10.2. The highest BCUT2D eigenvalue weighted by atomic mass is 16.6. The maximum atomic E-state index is 11.8. The summed E-state index contributed by atoms with van der Waals surface area (Å²) < 4.78 is 14.1. The number of aryl methyl sites for hydroxylation is 1. The van der Waals surface area contributed by atoms with E-state index in [0.29, 0.717) is 5.69 Å². The Morgan fingerprint density at radius 2 is 1.96 bits per heavy atom. The second-order valence-corrected chi connectivity index (χ2v) is 4.49. The summed E-state index contributed by atoms with van der Waals surface area (Å²) in [6.07, 6.45) is 0. The number of para-hydroxylation sites is 1. The third kappa shape index (κ3) is 4.16. The number of methoxy groups -OCH3 is 1. The van der Waals surface area contributed by atoms with E-state index in [9.17, 15) is 14.4 Å². The van der Waals surface area contributed by atoms with E-state index >= 15 is 0 Å². The molecular weight excluding hydrogens is 304 g/mol. The Hall–Kier alpha value is -3.16. The van der Waals surface area contributed by atoms with Crippen molar-refractivity contribution in [1.29, 1.82) is 0 Å². The number of carbonyl (C=O) groups excluding carboxylic acids is 3. The van der Waals surface area contributed by atoms with E-state index < -0.39 is 24.5 Å². The van der Waals surface area contributed by atoms with Gasteiger partial charge in [-0.05, 0) is 19.1 Å². The van der Waals surface area contributed by atoms with Crippen molar-refractivity contribution < 1.29 is 28.4 Å². The highest BCUT2D eigenvalue weighted by molar-refractivity contribution is 6.02. The molecule has 0 spiro atoms. The van der Waals surface area contributed by atoms with Crippen LogP contribution in [0.2, 0.25) is 0 Å². The zero-order chi connectivity index (χ0) is 16.8. The molecule has 0 atom stereocenters. The fourth-order valence-electron chi connectivity index (χ4n) is 1.73. The number of hydrogen-bond acceptors (Lipinski definition) is 7. The Balaban J connectivity index is 1.95. The van der Waals surface area contributed by atoms with Gasteiger partial charge in [-0.25, -0.2) is 9.59 Å². The molecule has 0 unspecified atom stereocenters. The smallest absolute Gasteiger partial charge is 0.377 e. The summed E-state index contributed by atoms with van der Waals surface area (Å²) in [5.41, 5.74) is 0.977. The number of nitrogens with zero attached hydrogens (tertiary/aromatic N) is 1. The quantitative estimate of drug-likeness (QED) is 0.833. The van der Waals surface area contributed by atoms with Crippen molar-refractivity contribution in [3.63, 3.8) is 0 Å². The second kappa shape index (κ2) is 7.21. The number of nitrogens with one attached hydrogen (secondary N) is 1. The first-order chi connectivity index (χ1) is 11.0. The lowest BCUT2D eigenvalue weighted by Crippen LogP contribution is -2.22. The number of aromatic nitrogens is 1. The molecule has 0 saturated carbocycles. The van der Waals surface area contributed by atoms with E-state index in [1.54, 1.807) is 19.1 Å². The maximum Gasteiger partial charge on any atom is 0.377 e. The third-order valence-electron chi connectivity index (χ3n) is 2.77. The molecule has 0 saturated heterocycles. The minimum absolute atomic E-state index is 0.0924. The van der Waals surface area contributed by atoms with Gasteiger partial charge >= 0.3 is 11.9 Å². The first kappa shape index (κ1) is 16.2. The molecule has 1 N–H and O–H groups in total. The van der Waals surface area contributed by atoms with Gasteiger partial charge in [0.05, 0.1) is 24.1 Å². The second-order valence-electron chi connectivity index (χ2n) is 4.49. The number of rotatable bonds is 5. The molecule has 0 radical (unpaired) electrons. The average Bonchev–Trinajstić information content (AvgIpc) is 2.99. The Labute approximate surface area is 131 Å². The number of amides is 1. The summed E-state index contributed by atoms with van der Waals surface area (Å²) in [5.74, 6) is -2.09. The van der Waals surface area contributed by atoms with Crippen LogP contribution in [0.1, 0.15) is 26.6 Å². The third-order valence-corrected chi connectivity index (χ3v) is 2.77. The lowest BCUT2D eigenvalue weighted by Gasteiger charge is -2.09. The summed E-state index contributed by atoms with van der Waals surface area (Å²) in [7, 11) is 1.24. The largest absolute Gasteiger partial charge is 0.465 e. The van der Waals surface area contributed by atoms with Gasteiger partial charge in [0.1, 0.15) is 0 Å². The molecule has 1 heterocycles. The summed E-state index contributed by atoms with van der Waals surface area (Å²) in [4.78, 5) is 35.0. The standard InChI is InChI=1S/C15H14N2O6/c1-9-7-12(23-17-9)15(20)22-8-13(18)16-11-6-4-3-5-10(11)14(19)21-2/h3-7H,8H2,1-2H3,(H,16,18). The molecule has 1 amide bonds. The fourth-order valence-corrected chi connectivity index (χ4v) is 1.73. The monoisotopic (exact) mass is 318 g/mol. The number of carbonyl (C=O) groups is 3. The first-order valence-corrected chi connectivity index (χ1v) is 6.59. The minimum Gasteiger partial charge on any atom is -0.465 e. The summed E-state index contributed by atoms with van der Waals surface area (Å²) in [6, 6.07) is 7.71. The molecule has 0 fully saturated rings. The van der Waals surface area contributed by atoms with E-state index in [2.05, 4.69) is 15.2 Å². The number of anilines is 1. The van der Waals surface area contributed by atoms with Gasteiger partial charge in [-0.2, -0.15) is 0 Å². The predicted molar refractivity (Wildman–Crippen MR) is 77.9 cm³/mol. The topological polar surface area (TPSA) is 108 Å². The Kier molecular flexibility index (Phi) is 5.08. The predicted octanol–water partition coefficient (Wildman–Crippen LogP) is 1.57. The van der Waals surface area contributed by atoms with Gasteiger partial charge in [0.25, 0.3) is 5.91 Å². The van der Waals surface area contributed by atoms with Crippen molar-refractivity contribution in [2.45, 2.75) is 6.92 Å². The van der Waals surface area contributed by atoms with Crippen LogP contribution < -0.4 is 5.32 Å². The summed E-state index contributed by atoms with van der Waals surface area (Å²) in [5, 5.41) is 6.02. The van der Waals surface area contributed by atoms with E-state index in [4.69, 9.17) is 9.26 Å². The van der Waals surface area contributed by atoms with Crippen LogP contribution in [0, 0.1) is 6.92 Å². The van der Waals surface area contributed by atoms with Crippen molar-refractivity contribution in [3.8, 4) is 0 Å². The molecule has 1 aromatic carbocycles. The number of benzene rings is 1. The summed E-state index contributed by atoms with van der Waals surface area (Å²) in [6.45, 7) is 1.12. The molecule has 0 bridgehead atoms. The highest BCUT2D eigenvalue weighted by Gasteiger charge is 2.17. The molecular formula is C15H14N2O6. The average molecular weight is 318 g/mol. The van der Waals surface area contributed by atoms with E-state index in [-0.39, 0.29) is 17.0 Å². The van der Waals surface area contributed by atoms with E-state index in [1.807, 2.05) is 0 Å². The van der Waals surface area contributed by atoms with Crippen molar-refractivity contribution in [1.82, 2.24) is 5.16 Å². The first-order valence-electron chi connectivity index (χ1n) is 6.59. The van der Waals surface area contributed by atoms with Crippen LogP contribution >= 0.6 is 0 Å². The Morgan fingerprint density at radius 3 is 2.61 bits per heavy atom. The molecule has 0 aliphatic heterocycles. The molecule has 0 aliphatic rings. The van der Waals surface area contributed by atoms with Gasteiger partial charge in [-0.15, -0.1) is 0 Å². The molecule has 2 rings (SSSR count).